The molecule has 0 saturated carbocycles. The summed E-state index contributed by atoms with van der Waals surface area (Å²) in [5.74, 6) is -0.434. The summed E-state index contributed by atoms with van der Waals surface area (Å²) in [5, 5.41) is 3.00. The van der Waals surface area contributed by atoms with Crippen molar-refractivity contribution in [3.05, 3.63) is 53.6 Å². The Morgan fingerprint density at radius 1 is 1.11 bits per heavy atom. The van der Waals surface area contributed by atoms with Crippen LogP contribution in [0.25, 0.3) is 0 Å². The van der Waals surface area contributed by atoms with Crippen LogP contribution in [0.15, 0.2) is 42.5 Å². The van der Waals surface area contributed by atoms with Gasteiger partial charge in [0.2, 0.25) is 11.8 Å². The van der Waals surface area contributed by atoms with Gasteiger partial charge in [-0.05, 0) is 69.2 Å². The summed E-state index contributed by atoms with van der Waals surface area (Å²) in [4.78, 5) is 29.2. The average Bonchev–Trinajstić information content (AvgIpc) is 3.08. The quantitative estimate of drug-likeness (QED) is 0.821. The van der Waals surface area contributed by atoms with Gasteiger partial charge >= 0.3 is 0 Å². The van der Waals surface area contributed by atoms with Crippen molar-refractivity contribution in [2.24, 2.45) is 5.92 Å². The van der Waals surface area contributed by atoms with Gasteiger partial charge in [-0.3, -0.25) is 9.59 Å². The van der Waals surface area contributed by atoms with Crippen LogP contribution in [0.5, 0.6) is 0 Å². The summed E-state index contributed by atoms with van der Waals surface area (Å²) < 4.78 is 0. The van der Waals surface area contributed by atoms with Crippen LogP contribution >= 0.6 is 0 Å². The first-order valence-electron chi connectivity index (χ1n) is 9.96. The average molecular weight is 380 g/mol. The number of carbonyl (C=O) groups is 2. The van der Waals surface area contributed by atoms with Crippen LogP contribution in [0.2, 0.25) is 0 Å². The molecule has 0 radical (unpaired) electrons. The highest BCUT2D eigenvalue weighted by atomic mass is 16.2. The third kappa shape index (κ3) is 4.19. The fourth-order valence-electron chi connectivity index (χ4n) is 3.67. The molecular formula is C23H29N3O2. The smallest absolute Gasteiger partial charge is 0.229 e. The topological polar surface area (TPSA) is 52.6 Å². The molecule has 148 valence electrons. The van der Waals surface area contributed by atoms with Crippen molar-refractivity contribution in [2.75, 3.05) is 34.8 Å². The first-order valence-corrected chi connectivity index (χ1v) is 9.96. The summed E-state index contributed by atoms with van der Waals surface area (Å²) in [5.41, 5.74) is 4.93. The Balaban J connectivity index is 1.69. The molecule has 0 aromatic heterocycles. The zero-order valence-corrected chi connectivity index (χ0v) is 17.2. The fraction of sp³-hybridized carbons (Fsp3) is 0.391. The van der Waals surface area contributed by atoms with Crippen LogP contribution < -0.4 is 15.1 Å². The molecule has 0 spiro atoms. The Bertz CT molecular complexity index is 857. The third-order valence-corrected chi connectivity index (χ3v) is 5.44. The summed E-state index contributed by atoms with van der Waals surface area (Å²) in [7, 11) is 0. The molecule has 1 unspecified atom stereocenters. The monoisotopic (exact) mass is 379 g/mol. The predicted octanol–water partition coefficient (Wildman–Crippen LogP) is 4.14. The molecule has 1 saturated heterocycles. The highest BCUT2D eigenvalue weighted by Gasteiger charge is 2.35. The first kappa shape index (κ1) is 19.9. The summed E-state index contributed by atoms with van der Waals surface area (Å²) in [6.07, 6.45) is 0.245. The van der Waals surface area contributed by atoms with Crippen molar-refractivity contribution in [3.8, 4) is 0 Å². The maximum absolute atomic E-state index is 12.7. The SMILES string of the molecule is CCN(CC)c1ccc(N2CC(C(=O)Nc3cc(C)ccc3C)CC2=O)cc1. The molecular weight excluding hydrogens is 350 g/mol. The van der Waals surface area contributed by atoms with Gasteiger partial charge in [-0.25, -0.2) is 0 Å². The molecule has 1 aliphatic heterocycles. The van der Waals surface area contributed by atoms with E-state index in [1.807, 2.05) is 56.3 Å². The lowest BCUT2D eigenvalue weighted by atomic mass is 10.1. The molecule has 0 aliphatic carbocycles. The first-order chi connectivity index (χ1) is 13.4. The number of carbonyl (C=O) groups excluding carboxylic acids is 2. The molecule has 1 fully saturated rings. The van der Waals surface area contributed by atoms with Gasteiger partial charge in [0.1, 0.15) is 0 Å². The van der Waals surface area contributed by atoms with Crippen molar-refractivity contribution in [1.82, 2.24) is 0 Å². The number of nitrogens with zero attached hydrogens (tertiary/aromatic N) is 2. The van der Waals surface area contributed by atoms with Gasteiger partial charge in [0.05, 0.1) is 5.92 Å². The highest BCUT2D eigenvalue weighted by Crippen LogP contribution is 2.28. The number of hydrogen-bond acceptors (Lipinski definition) is 3. The van der Waals surface area contributed by atoms with Crippen molar-refractivity contribution >= 4 is 28.9 Å². The molecule has 1 N–H and O–H groups in total. The molecule has 28 heavy (non-hydrogen) atoms. The van der Waals surface area contributed by atoms with Crippen LogP contribution in [-0.2, 0) is 9.59 Å². The molecule has 1 heterocycles. The number of nitrogens with one attached hydrogen (secondary N) is 1. The Morgan fingerprint density at radius 2 is 1.79 bits per heavy atom. The number of hydrogen-bond donors (Lipinski definition) is 1. The minimum atomic E-state index is -0.338. The third-order valence-electron chi connectivity index (χ3n) is 5.44. The number of anilines is 3. The Morgan fingerprint density at radius 3 is 2.43 bits per heavy atom. The van der Waals surface area contributed by atoms with Gasteiger partial charge in [0, 0.05) is 43.1 Å². The molecule has 2 aromatic rings. The van der Waals surface area contributed by atoms with Crippen molar-refractivity contribution in [1.29, 1.82) is 0 Å². The van der Waals surface area contributed by atoms with Gasteiger partial charge in [0.25, 0.3) is 0 Å². The number of benzene rings is 2. The van der Waals surface area contributed by atoms with Crippen LogP contribution in [0.1, 0.15) is 31.4 Å². The summed E-state index contributed by atoms with van der Waals surface area (Å²) >= 11 is 0. The van der Waals surface area contributed by atoms with Crippen LogP contribution in [0, 0.1) is 19.8 Å². The fourth-order valence-corrected chi connectivity index (χ4v) is 3.67. The zero-order valence-electron chi connectivity index (χ0n) is 17.2. The van der Waals surface area contributed by atoms with E-state index in [9.17, 15) is 9.59 Å². The highest BCUT2D eigenvalue weighted by molar-refractivity contribution is 6.03. The second kappa shape index (κ2) is 8.46. The molecule has 0 bridgehead atoms. The Hall–Kier alpha value is -2.82. The van der Waals surface area contributed by atoms with Gasteiger partial charge in [-0.2, -0.15) is 0 Å². The van der Waals surface area contributed by atoms with E-state index in [0.717, 1.165) is 41.3 Å². The van der Waals surface area contributed by atoms with Crippen molar-refractivity contribution in [2.45, 2.75) is 34.1 Å². The lowest BCUT2D eigenvalue weighted by Gasteiger charge is -2.22. The Labute approximate surface area is 167 Å². The normalized spacial score (nSPS) is 16.4. The van der Waals surface area contributed by atoms with Gasteiger partial charge in [-0.1, -0.05) is 12.1 Å². The van der Waals surface area contributed by atoms with E-state index in [0.29, 0.717) is 6.54 Å². The molecule has 2 amide bonds. The predicted molar refractivity (Wildman–Crippen MR) is 115 cm³/mol. The minimum Gasteiger partial charge on any atom is -0.372 e. The van der Waals surface area contributed by atoms with Crippen LogP contribution in [-0.4, -0.2) is 31.4 Å². The minimum absolute atomic E-state index is 0.00305. The molecule has 5 heteroatoms. The van der Waals surface area contributed by atoms with E-state index in [4.69, 9.17) is 0 Å². The van der Waals surface area contributed by atoms with E-state index in [2.05, 4.69) is 24.1 Å². The lowest BCUT2D eigenvalue weighted by Crippen LogP contribution is -2.28. The van der Waals surface area contributed by atoms with E-state index in [-0.39, 0.29) is 24.2 Å². The van der Waals surface area contributed by atoms with Gasteiger partial charge in [-0.15, -0.1) is 0 Å². The van der Waals surface area contributed by atoms with E-state index in [1.165, 1.54) is 0 Å². The van der Waals surface area contributed by atoms with E-state index in [1.54, 1.807) is 4.90 Å². The molecule has 5 nitrogen and oxygen atoms in total. The Kier molecular flexibility index (Phi) is 6.02. The maximum Gasteiger partial charge on any atom is 0.229 e. The van der Waals surface area contributed by atoms with Crippen LogP contribution in [0.4, 0.5) is 17.1 Å². The molecule has 3 rings (SSSR count). The maximum atomic E-state index is 12.7. The summed E-state index contributed by atoms with van der Waals surface area (Å²) in [6.45, 7) is 10.5. The number of rotatable bonds is 6. The number of amides is 2. The van der Waals surface area contributed by atoms with Crippen molar-refractivity contribution in [3.63, 3.8) is 0 Å². The standard InChI is InChI=1S/C23H29N3O2/c1-5-25(6-2)19-9-11-20(12-10-19)26-15-18(14-22(26)27)23(28)24-21-13-16(3)7-8-17(21)4/h7-13,18H,5-6,14-15H2,1-4H3,(H,24,28). The van der Waals surface area contributed by atoms with Crippen molar-refractivity contribution < 1.29 is 9.59 Å². The zero-order chi connectivity index (χ0) is 20.3. The van der Waals surface area contributed by atoms with E-state index >= 15 is 0 Å². The van der Waals surface area contributed by atoms with Crippen LogP contribution in [0.3, 0.4) is 0 Å². The molecule has 1 atom stereocenters. The molecule has 2 aromatic carbocycles. The number of aryl methyl sites for hydroxylation is 2. The summed E-state index contributed by atoms with van der Waals surface area (Å²) in [6, 6.07) is 14.0. The second-order valence-electron chi connectivity index (χ2n) is 7.40. The molecule has 1 aliphatic rings. The van der Waals surface area contributed by atoms with Gasteiger partial charge < -0.3 is 15.1 Å². The van der Waals surface area contributed by atoms with Gasteiger partial charge in [0.15, 0.2) is 0 Å². The second-order valence-corrected chi connectivity index (χ2v) is 7.40. The van der Waals surface area contributed by atoms with E-state index < -0.39 is 0 Å². The lowest BCUT2D eigenvalue weighted by molar-refractivity contribution is -0.122. The largest absolute Gasteiger partial charge is 0.372 e.